The van der Waals surface area contributed by atoms with E-state index in [9.17, 15) is 4.79 Å². The Labute approximate surface area is 119 Å². The SMILES string of the molecule is CCOC(=O)CNCc1cc(OC)c(OC)cc1OC. The topological polar surface area (TPSA) is 66.0 Å². The predicted molar refractivity (Wildman–Crippen MR) is 74.4 cm³/mol. The van der Waals surface area contributed by atoms with Crippen LogP contribution in [0.5, 0.6) is 17.2 Å². The van der Waals surface area contributed by atoms with Crippen LogP contribution in [0.3, 0.4) is 0 Å². The average molecular weight is 283 g/mol. The molecule has 1 aromatic rings. The molecule has 0 unspecified atom stereocenters. The molecule has 0 saturated heterocycles. The van der Waals surface area contributed by atoms with Gasteiger partial charge in [0, 0.05) is 18.2 Å². The molecule has 0 aliphatic carbocycles. The zero-order valence-corrected chi connectivity index (χ0v) is 12.3. The first-order chi connectivity index (χ1) is 9.65. The quantitative estimate of drug-likeness (QED) is 0.727. The van der Waals surface area contributed by atoms with Crippen molar-refractivity contribution >= 4 is 5.97 Å². The molecule has 1 N–H and O–H groups in total. The highest BCUT2D eigenvalue weighted by atomic mass is 16.5. The molecule has 1 aromatic carbocycles. The molecule has 0 radical (unpaired) electrons. The summed E-state index contributed by atoms with van der Waals surface area (Å²) < 4.78 is 20.6. The van der Waals surface area contributed by atoms with Crippen LogP contribution in [0.15, 0.2) is 12.1 Å². The van der Waals surface area contributed by atoms with Crippen molar-refractivity contribution in [2.24, 2.45) is 0 Å². The Morgan fingerprint density at radius 2 is 1.65 bits per heavy atom. The maximum Gasteiger partial charge on any atom is 0.319 e. The third-order valence-corrected chi connectivity index (χ3v) is 2.68. The average Bonchev–Trinajstić information content (AvgIpc) is 2.46. The number of esters is 1. The van der Waals surface area contributed by atoms with Gasteiger partial charge in [-0.25, -0.2) is 0 Å². The fourth-order valence-electron chi connectivity index (χ4n) is 1.74. The summed E-state index contributed by atoms with van der Waals surface area (Å²) in [6.07, 6.45) is 0. The molecule has 0 saturated carbocycles. The molecule has 0 aromatic heterocycles. The number of ether oxygens (including phenoxy) is 4. The van der Waals surface area contributed by atoms with Crippen LogP contribution >= 0.6 is 0 Å². The van der Waals surface area contributed by atoms with Crippen molar-refractivity contribution in [1.82, 2.24) is 5.32 Å². The number of rotatable bonds is 8. The van der Waals surface area contributed by atoms with E-state index in [2.05, 4.69) is 5.32 Å². The zero-order valence-electron chi connectivity index (χ0n) is 12.3. The van der Waals surface area contributed by atoms with E-state index < -0.39 is 0 Å². The van der Waals surface area contributed by atoms with Crippen LogP contribution < -0.4 is 19.5 Å². The van der Waals surface area contributed by atoms with E-state index in [4.69, 9.17) is 18.9 Å². The molecule has 0 fully saturated rings. The summed E-state index contributed by atoms with van der Waals surface area (Å²) in [4.78, 5) is 11.3. The molecule has 0 bridgehead atoms. The molecular formula is C14H21NO5. The number of benzene rings is 1. The highest BCUT2D eigenvalue weighted by molar-refractivity contribution is 5.71. The third kappa shape index (κ3) is 4.31. The Morgan fingerprint density at radius 3 is 2.20 bits per heavy atom. The maximum atomic E-state index is 11.3. The summed E-state index contributed by atoms with van der Waals surface area (Å²) in [6, 6.07) is 3.57. The van der Waals surface area contributed by atoms with E-state index in [1.807, 2.05) is 6.07 Å². The first-order valence-electron chi connectivity index (χ1n) is 6.31. The zero-order chi connectivity index (χ0) is 15.0. The van der Waals surface area contributed by atoms with Crippen molar-refractivity contribution in [3.05, 3.63) is 17.7 Å². The number of hydrogen-bond acceptors (Lipinski definition) is 6. The first kappa shape index (κ1) is 16.1. The van der Waals surface area contributed by atoms with Crippen LogP contribution in [-0.4, -0.2) is 40.5 Å². The van der Waals surface area contributed by atoms with E-state index in [0.717, 1.165) is 5.56 Å². The second-order valence-electron chi connectivity index (χ2n) is 3.93. The number of hydrogen-bond donors (Lipinski definition) is 1. The summed E-state index contributed by atoms with van der Waals surface area (Å²) in [5, 5.41) is 3.00. The Balaban J connectivity index is 2.75. The summed E-state index contributed by atoms with van der Waals surface area (Å²) in [6.45, 7) is 2.75. The van der Waals surface area contributed by atoms with Crippen molar-refractivity contribution in [2.75, 3.05) is 34.5 Å². The number of carbonyl (C=O) groups is 1. The molecule has 6 nitrogen and oxygen atoms in total. The minimum absolute atomic E-state index is 0.144. The normalized spacial score (nSPS) is 10.0. The van der Waals surface area contributed by atoms with Gasteiger partial charge in [0.15, 0.2) is 11.5 Å². The molecular weight excluding hydrogens is 262 g/mol. The van der Waals surface area contributed by atoms with Crippen LogP contribution in [0.1, 0.15) is 12.5 Å². The molecule has 0 aliphatic heterocycles. The fourth-order valence-corrected chi connectivity index (χ4v) is 1.74. The monoisotopic (exact) mass is 283 g/mol. The van der Waals surface area contributed by atoms with Crippen molar-refractivity contribution < 1.29 is 23.7 Å². The van der Waals surface area contributed by atoms with Crippen LogP contribution in [-0.2, 0) is 16.1 Å². The van der Waals surface area contributed by atoms with Gasteiger partial charge in [-0.1, -0.05) is 0 Å². The van der Waals surface area contributed by atoms with Gasteiger partial charge in [0.05, 0.1) is 34.5 Å². The molecule has 1 rings (SSSR count). The van der Waals surface area contributed by atoms with Crippen LogP contribution in [0.25, 0.3) is 0 Å². The van der Waals surface area contributed by atoms with Crippen molar-refractivity contribution in [2.45, 2.75) is 13.5 Å². The molecule has 6 heteroatoms. The van der Waals surface area contributed by atoms with E-state index in [1.54, 1.807) is 34.3 Å². The van der Waals surface area contributed by atoms with Crippen LogP contribution in [0.4, 0.5) is 0 Å². The molecule has 0 heterocycles. The van der Waals surface area contributed by atoms with Gasteiger partial charge in [-0.15, -0.1) is 0 Å². The lowest BCUT2D eigenvalue weighted by molar-refractivity contribution is -0.142. The number of carbonyl (C=O) groups excluding carboxylic acids is 1. The number of nitrogens with one attached hydrogen (secondary N) is 1. The second kappa shape index (κ2) is 8.27. The highest BCUT2D eigenvalue weighted by Gasteiger charge is 2.12. The van der Waals surface area contributed by atoms with Crippen molar-refractivity contribution in [3.63, 3.8) is 0 Å². The van der Waals surface area contributed by atoms with E-state index in [-0.39, 0.29) is 12.5 Å². The molecule has 0 amide bonds. The van der Waals surface area contributed by atoms with Crippen LogP contribution in [0, 0.1) is 0 Å². The lowest BCUT2D eigenvalue weighted by atomic mass is 10.1. The van der Waals surface area contributed by atoms with Gasteiger partial charge in [-0.2, -0.15) is 0 Å². The lowest BCUT2D eigenvalue weighted by Crippen LogP contribution is -2.24. The number of methoxy groups -OCH3 is 3. The Kier molecular flexibility index (Phi) is 6.66. The van der Waals surface area contributed by atoms with Gasteiger partial charge in [0.25, 0.3) is 0 Å². The molecule has 0 spiro atoms. The maximum absolute atomic E-state index is 11.3. The molecule has 20 heavy (non-hydrogen) atoms. The lowest BCUT2D eigenvalue weighted by Gasteiger charge is -2.14. The van der Waals surface area contributed by atoms with Gasteiger partial charge in [0.1, 0.15) is 5.75 Å². The van der Waals surface area contributed by atoms with Gasteiger partial charge < -0.3 is 24.3 Å². The van der Waals surface area contributed by atoms with Crippen LogP contribution in [0.2, 0.25) is 0 Å². The smallest absolute Gasteiger partial charge is 0.319 e. The largest absolute Gasteiger partial charge is 0.496 e. The second-order valence-corrected chi connectivity index (χ2v) is 3.93. The molecule has 0 aliphatic rings. The Hall–Kier alpha value is -1.95. The Bertz CT molecular complexity index is 447. The first-order valence-corrected chi connectivity index (χ1v) is 6.31. The van der Waals surface area contributed by atoms with Crippen molar-refractivity contribution in [1.29, 1.82) is 0 Å². The standard InChI is InChI=1S/C14H21NO5/c1-5-20-14(16)9-15-8-10-6-12(18-3)13(19-4)7-11(10)17-2/h6-7,15H,5,8-9H2,1-4H3. The predicted octanol–water partition coefficient (Wildman–Crippen LogP) is 1.37. The summed E-state index contributed by atoms with van der Waals surface area (Å²) in [5.74, 6) is 1.59. The summed E-state index contributed by atoms with van der Waals surface area (Å²) in [7, 11) is 4.71. The fraction of sp³-hybridized carbons (Fsp3) is 0.500. The van der Waals surface area contributed by atoms with Gasteiger partial charge in [0.2, 0.25) is 0 Å². The van der Waals surface area contributed by atoms with E-state index in [0.29, 0.717) is 30.4 Å². The van der Waals surface area contributed by atoms with Crippen molar-refractivity contribution in [3.8, 4) is 17.2 Å². The van der Waals surface area contributed by atoms with E-state index in [1.165, 1.54) is 0 Å². The molecule has 112 valence electrons. The molecule has 0 atom stereocenters. The Morgan fingerprint density at radius 1 is 1.05 bits per heavy atom. The van der Waals surface area contributed by atoms with Gasteiger partial charge in [-0.3, -0.25) is 4.79 Å². The third-order valence-electron chi connectivity index (χ3n) is 2.68. The van der Waals surface area contributed by atoms with Gasteiger partial charge in [-0.05, 0) is 13.0 Å². The van der Waals surface area contributed by atoms with Gasteiger partial charge >= 0.3 is 5.97 Å². The summed E-state index contributed by atoms with van der Waals surface area (Å²) in [5.41, 5.74) is 0.870. The summed E-state index contributed by atoms with van der Waals surface area (Å²) >= 11 is 0. The minimum Gasteiger partial charge on any atom is -0.496 e. The highest BCUT2D eigenvalue weighted by Crippen LogP contribution is 2.34. The minimum atomic E-state index is -0.285. The van der Waals surface area contributed by atoms with E-state index >= 15 is 0 Å².